The van der Waals surface area contributed by atoms with Gasteiger partial charge in [-0.1, -0.05) is 0 Å². The van der Waals surface area contributed by atoms with E-state index in [-0.39, 0.29) is 5.97 Å². The van der Waals surface area contributed by atoms with Gasteiger partial charge in [0.25, 0.3) is 0 Å². The average molecular weight is 287 g/mol. The first kappa shape index (κ1) is 13.0. The molecule has 4 nitrogen and oxygen atoms in total. The van der Waals surface area contributed by atoms with E-state index in [0.717, 1.165) is 16.7 Å². The van der Waals surface area contributed by atoms with Gasteiger partial charge in [-0.05, 0) is 41.4 Å². The lowest BCUT2D eigenvalue weighted by molar-refractivity contribution is -0.143. The number of hydrogen-bond acceptors (Lipinski definition) is 4. The van der Waals surface area contributed by atoms with Gasteiger partial charge in [0.05, 0.1) is 11.1 Å². The first-order valence-corrected chi connectivity index (χ1v) is 6.03. The third kappa shape index (κ3) is 4.61. The number of nitrogens with one attached hydrogen (secondary N) is 1. The first-order chi connectivity index (χ1) is 7.74. The zero-order chi connectivity index (χ0) is 11.8. The molecule has 0 atom stereocenters. The molecule has 1 aromatic rings. The van der Waals surface area contributed by atoms with Crippen LogP contribution in [0.2, 0.25) is 0 Å². The van der Waals surface area contributed by atoms with Crippen LogP contribution in [0.5, 0.6) is 0 Å². The highest BCUT2D eigenvalue weighted by Gasteiger charge is 2.02. The Hall–Kier alpha value is -1.10. The molecule has 16 heavy (non-hydrogen) atoms. The molecule has 5 heteroatoms. The monoisotopic (exact) mass is 286 g/mol. The van der Waals surface area contributed by atoms with Gasteiger partial charge >= 0.3 is 5.97 Å². The van der Waals surface area contributed by atoms with E-state index < -0.39 is 0 Å². The number of ether oxygens (including phenoxy) is 1. The van der Waals surface area contributed by atoms with E-state index in [1.807, 2.05) is 12.1 Å². The van der Waals surface area contributed by atoms with Gasteiger partial charge in [0.15, 0.2) is 0 Å². The zero-order valence-electron chi connectivity index (χ0n) is 9.20. The molecule has 1 rings (SSSR count). The van der Waals surface area contributed by atoms with E-state index in [2.05, 4.69) is 26.2 Å². The third-order valence-corrected chi connectivity index (χ3v) is 2.55. The molecule has 0 bridgehead atoms. The molecule has 0 spiro atoms. The first-order valence-electron chi connectivity index (χ1n) is 5.24. The lowest BCUT2D eigenvalue weighted by Gasteiger charge is -2.06. The Morgan fingerprint density at radius 1 is 1.62 bits per heavy atom. The van der Waals surface area contributed by atoms with Crippen molar-refractivity contribution in [2.45, 2.75) is 19.8 Å². The highest BCUT2D eigenvalue weighted by molar-refractivity contribution is 9.10. The van der Waals surface area contributed by atoms with Crippen LogP contribution in [0.4, 0.5) is 5.82 Å². The SMILES string of the molecule is CCOC(=O)CCCNc1ncccc1Br. The van der Waals surface area contributed by atoms with E-state index in [1.165, 1.54) is 0 Å². The minimum Gasteiger partial charge on any atom is -0.466 e. The number of aromatic nitrogens is 1. The van der Waals surface area contributed by atoms with Gasteiger partial charge < -0.3 is 10.1 Å². The molecule has 0 amide bonds. The summed E-state index contributed by atoms with van der Waals surface area (Å²) >= 11 is 3.39. The van der Waals surface area contributed by atoms with Crippen LogP contribution in [0, 0.1) is 0 Å². The lowest BCUT2D eigenvalue weighted by Crippen LogP contribution is -2.09. The van der Waals surface area contributed by atoms with Crippen molar-refractivity contribution in [2.75, 3.05) is 18.5 Å². The Bertz CT molecular complexity index is 345. The number of halogens is 1. The highest BCUT2D eigenvalue weighted by atomic mass is 79.9. The largest absolute Gasteiger partial charge is 0.466 e. The summed E-state index contributed by atoms with van der Waals surface area (Å²) in [5.74, 6) is 0.649. The Balaban J connectivity index is 2.21. The van der Waals surface area contributed by atoms with Gasteiger partial charge in [0, 0.05) is 19.2 Å². The number of anilines is 1. The van der Waals surface area contributed by atoms with Crippen LogP contribution in [0.25, 0.3) is 0 Å². The molecule has 1 N–H and O–H groups in total. The van der Waals surface area contributed by atoms with Crippen molar-refractivity contribution in [2.24, 2.45) is 0 Å². The van der Waals surface area contributed by atoms with E-state index in [1.54, 1.807) is 13.1 Å². The van der Waals surface area contributed by atoms with Crippen LogP contribution in [0.1, 0.15) is 19.8 Å². The fraction of sp³-hybridized carbons (Fsp3) is 0.455. The molecular formula is C11H15BrN2O2. The molecule has 0 aliphatic rings. The van der Waals surface area contributed by atoms with Crippen LogP contribution in [-0.2, 0) is 9.53 Å². The molecule has 0 saturated heterocycles. The van der Waals surface area contributed by atoms with Crippen molar-refractivity contribution < 1.29 is 9.53 Å². The Labute approximate surface area is 104 Å². The molecule has 0 fully saturated rings. The summed E-state index contributed by atoms with van der Waals surface area (Å²) in [5, 5.41) is 3.14. The normalized spacial score (nSPS) is 9.88. The Morgan fingerprint density at radius 3 is 3.12 bits per heavy atom. The summed E-state index contributed by atoms with van der Waals surface area (Å²) in [6.45, 7) is 2.95. The van der Waals surface area contributed by atoms with Crippen LogP contribution >= 0.6 is 15.9 Å². The molecule has 0 radical (unpaired) electrons. The minimum atomic E-state index is -0.149. The summed E-state index contributed by atoms with van der Waals surface area (Å²) in [7, 11) is 0. The average Bonchev–Trinajstić information content (AvgIpc) is 2.27. The molecule has 0 aliphatic heterocycles. The Morgan fingerprint density at radius 2 is 2.44 bits per heavy atom. The maximum atomic E-state index is 11.0. The fourth-order valence-electron chi connectivity index (χ4n) is 1.19. The van der Waals surface area contributed by atoms with Crippen LogP contribution in [0.3, 0.4) is 0 Å². The molecular weight excluding hydrogens is 272 g/mol. The fourth-order valence-corrected chi connectivity index (χ4v) is 1.58. The smallest absolute Gasteiger partial charge is 0.305 e. The van der Waals surface area contributed by atoms with Crippen molar-refractivity contribution >= 4 is 27.7 Å². The number of rotatable bonds is 6. The minimum absolute atomic E-state index is 0.149. The van der Waals surface area contributed by atoms with Crippen molar-refractivity contribution in [1.29, 1.82) is 0 Å². The summed E-state index contributed by atoms with van der Waals surface area (Å²) < 4.78 is 5.75. The van der Waals surface area contributed by atoms with Gasteiger partial charge in [-0.25, -0.2) is 4.98 Å². The second kappa shape index (κ2) is 7.22. The quantitative estimate of drug-likeness (QED) is 0.645. The number of pyridine rings is 1. The Kier molecular flexibility index (Phi) is 5.85. The molecule has 0 aromatic carbocycles. The lowest BCUT2D eigenvalue weighted by atomic mass is 10.3. The second-order valence-electron chi connectivity index (χ2n) is 3.17. The van der Waals surface area contributed by atoms with Crippen molar-refractivity contribution in [1.82, 2.24) is 4.98 Å². The number of hydrogen-bond donors (Lipinski definition) is 1. The van der Waals surface area contributed by atoms with E-state index in [9.17, 15) is 4.79 Å². The molecule has 0 unspecified atom stereocenters. The summed E-state index contributed by atoms with van der Waals surface area (Å²) in [4.78, 5) is 15.2. The second-order valence-corrected chi connectivity index (χ2v) is 4.02. The van der Waals surface area contributed by atoms with Gasteiger partial charge in [0.2, 0.25) is 0 Å². The summed E-state index contributed by atoms with van der Waals surface area (Å²) in [6, 6.07) is 3.77. The predicted octanol–water partition coefficient (Wildman–Crippen LogP) is 2.60. The summed E-state index contributed by atoms with van der Waals surface area (Å²) in [6.07, 6.45) is 2.89. The molecule has 0 saturated carbocycles. The van der Waals surface area contributed by atoms with Crippen LogP contribution < -0.4 is 5.32 Å². The van der Waals surface area contributed by atoms with E-state index in [4.69, 9.17) is 4.74 Å². The van der Waals surface area contributed by atoms with Gasteiger partial charge in [0.1, 0.15) is 5.82 Å². The predicted molar refractivity (Wildman–Crippen MR) is 66.3 cm³/mol. The van der Waals surface area contributed by atoms with Crippen LogP contribution in [-0.4, -0.2) is 24.1 Å². The standard InChI is InChI=1S/C11H15BrN2O2/c1-2-16-10(15)6-4-8-14-11-9(12)5-3-7-13-11/h3,5,7H,2,4,6,8H2,1H3,(H,13,14). The highest BCUT2D eigenvalue weighted by Crippen LogP contribution is 2.17. The van der Waals surface area contributed by atoms with E-state index in [0.29, 0.717) is 19.6 Å². The maximum absolute atomic E-state index is 11.0. The maximum Gasteiger partial charge on any atom is 0.305 e. The van der Waals surface area contributed by atoms with Crippen molar-refractivity contribution in [3.05, 3.63) is 22.8 Å². The molecule has 0 aliphatic carbocycles. The van der Waals surface area contributed by atoms with Gasteiger partial charge in [-0.3, -0.25) is 4.79 Å². The number of esters is 1. The van der Waals surface area contributed by atoms with Crippen molar-refractivity contribution in [3.8, 4) is 0 Å². The van der Waals surface area contributed by atoms with Gasteiger partial charge in [-0.2, -0.15) is 0 Å². The number of nitrogens with zero attached hydrogens (tertiary/aromatic N) is 1. The van der Waals surface area contributed by atoms with E-state index >= 15 is 0 Å². The zero-order valence-corrected chi connectivity index (χ0v) is 10.8. The summed E-state index contributed by atoms with van der Waals surface area (Å²) in [5.41, 5.74) is 0. The topological polar surface area (TPSA) is 51.2 Å². The number of carbonyl (C=O) groups is 1. The van der Waals surface area contributed by atoms with Gasteiger partial charge in [-0.15, -0.1) is 0 Å². The molecule has 1 aromatic heterocycles. The molecule has 88 valence electrons. The molecule has 1 heterocycles. The third-order valence-electron chi connectivity index (χ3n) is 1.91. The van der Waals surface area contributed by atoms with Crippen molar-refractivity contribution in [3.63, 3.8) is 0 Å². The number of carbonyl (C=O) groups excluding carboxylic acids is 1. The van der Waals surface area contributed by atoms with Crippen LogP contribution in [0.15, 0.2) is 22.8 Å².